The van der Waals surface area contributed by atoms with Gasteiger partial charge in [-0.25, -0.2) is 24.3 Å². The Hall–Kier alpha value is -2.24. The second-order valence-corrected chi connectivity index (χ2v) is 2.69. The van der Waals surface area contributed by atoms with Crippen molar-refractivity contribution in [1.82, 2.24) is 19.5 Å². The predicted molar refractivity (Wildman–Crippen MR) is 49.8 cm³/mol. The van der Waals surface area contributed by atoms with Crippen LogP contribution in [0, 0.1) is 0 Å². The molecule has 0 bridgehead atoms. The second kappa shape index (κ2) is 4.32. The maximum absolute atomic E-state index is 11.3. The lowest BCUT2D eigenvalue weighted by atomic mass is 10.6. The van der Waals surface area contributed by atoms with E-state index in [4.69, 9.17) is 4.74 Å². The maximum Gasteiger partial charge on any atom is 0.419 e. The zero-order valence-corrected chi connectivity index (χ0v) is 7.78. The van der Waals surface area contributed by atoms with Crippen LogP contribution in [0.25, 0.3) is 0 Å². The van der Waals surface area contributed by atoms with E-state index >= 15 is 0 Å². The smallest absolute Gasteiger partial charge is 0.419 e. The number of rotatable bonds is 2. The van der Waals surface area contributed by atoms with Crippen LogP contribution in [-0.2, 0) is 11.3 Å². The molecule has 0 aliphatic rings. The van der Waals surface area contributed by atoms with Crippen molar-refractivity contribution >= 4 is 6.09 Å². The van der Waals surface area contributed by atoms with Gasteiger partial charge in [-0.1, -0.05) is 0 Å². The third-order valence-corrected chi connectivity index (χ3v) is 1.66. The van der Waals surface area contributed by atoms with Gasteiger partial charge < -0.3 is 4.74 Å². The summed E-state index contributed by atoms with van der Waals surface area (Å²) in [7, 11) is 0. The van der Waals surface area contributed by atoms with Gasteiger partial charge in [-0.2, -0.15) is 0 Å². The number of hydrogen-bond acceptors (Lipinski definition) is 5. The molecule has 6 nitrogen and oxygen atoms in total. The minimum atomic E-state index is -0.500. The molecule has 2 heterocycles. The van der Waals surface area contributed by atoms with Crippen molar-refractivity contribution in [3.63, 3.8) is 0 Å². The monoisotopic (exact) mass is 204 g/mol. The van der Waals surface area contributed by atoms with Gasteiger partial charge in [0.15, 0.2) is 12.4 Å². The van der Waals surface area contributed by atoms with Crippen molar-refractivity contribution in [1.29, 1.82) is 0 Å². The van der Waals surface area contributed by atoms with Gasteiger partial charge in [-0.15, -0.1) is 0 Å². The number of nitrogens with zero attached hydrogens (tertiary/aromatic N) is 4. The minimum Gasteiger partial charge on any atom is -0.441 e. The van der Waals surface area contributed by atoms with Crippen LogP contribution in [-0.4, -0.2) is 25.6 Å². The highest BCUT2D eigenvalue weighted by Crippen LogP contribution is 1.95. The third-order valence-electron chi connectivity index (χ3n) is 1.66. The zero-order chi connectivity index (χ0) is 10.5. The van der Waals surface area contributed by atoms with E-state index in [2.05, 4.69) is 15.0 Å². The predicted octanol–water partition coefficient (Wildman–Crippen LogP) is 0.858. The molecule has 6 heteroatoms. The molecule has 0 saturated carbocycles. The van der Waals surface area contributed by atoms with Crippen LogP contribution in [0.15, 0.2) is 37.2 Å². The van der Waals surface area contributed by atoms with E-state index in [1.165, 1.54) is 23.3 Å². The summed E-state index contributed by atoms with van der Waals surface area (Å²) in [5, 5.41) is 0. The molecule has 0 spiro atoms. The molecule has 0 N–H and O–H groups in total. The Morgan fingerprint density at radius 1 is 1.33 bits per heavy atom. The van der Waals surface area contributed by atoms with Crippen LogP contribution in [0.4, 0.5) is 4.79 Å². The number of carbonyl (C=O) groups excluding carboxylic acids is 1. The first-order valence-corrected chi connectivity index (χ1v) is 4.27. The van der Waals surface area contributed by atoms with Crippen LogP contribution < -0.4 is 0 Å². The molecule has 2 rings (SSSR count). The minimum absolute atomic E-state index is 0.0534. The Morgan fingerprint density at radius 3 is 2.80 bits per heavy atom. The lowest BCUT2D eigenvalue weighted by molar-refractivity contribution is 0.138. The molecule has 15 heavy (non-hydrogen) atoms. The van der Waals surface area contributed by atoms with Gasteiger partial charge in [-0.05, 0) is 6.07 Å². The van der Waals surface area contributed by atoms with E-state index in [0.717, 1.165) is 0 Å². The van der Waals surface area contributed by atoms with Gasteiger partial charge in [0, 0.05) is 24.8 Å². The average Bonchev–Trinajstić information content (AvgIpc) is 2.81. The lowest BCUT2D eigenvalue weighted by Crippen LogP contribution is -2.12. The summed E-state index contributed by atoms with van der Waals surface area (Å²) in [6, 6.07) is 1.70. The summed E-state index contributed by atoms with van der Waals surface area (Å²) in [5.74, 6) is 0.464. The molecule has 0 aliphatic heterocycles. The highest BCUT2D eigenvalue weighted by atomic mass is 16.5. The number of carbonyl (C=O) groups is 1. The van der Waals surface area contributed by atoms with Crippen LogP contribution in [0.1, 0.15) is 5.82 Å². The molecular formula is C9H8N4O2. The fraction of sp³-hybridized carbons (Fsp3) is 0.111. The Bertz CT molecular complexity index is 427. The first-order chi connectivity index (χ1) is 7.36. The summed E-state index contributed by atoms with van der Waals surface area (Å²) in [6.45, 7) is 0.0534. The summed E-state index contributed by atoms with van der Waals surface area (Å²) in [5.41, 5.74) is 0. The average molecular weight is 204 g/mol. The van der Waals surface area contributed by atoms with Gasteiger partial charge in [0.1, 0.15) is 6.33 Å². The van der Waals surface area contributed by atoms with Crippen LogP contribution in [0.3, 0.4) is 0 Å². The molecule has 2 aromatic rings. The number of ether oxygens (including phenoxy) is 1. The standard InChI is InChI=1S/C9H8N4O2/c14-9(13-5-4-10-7-13)15-6-8-11-2-1-3-12-8/h1-5,7H,6H2. The van der Waals surface area contributed by atoms with E-state index in [-0.39, 0.29) is 6.61 Å². The first-order valence-electron chi connectivity index (χ1n) is 4.27. The Kier molecular flexibility index (Phi) is 2.68. The lowest BCUT2D eigenvalue weighted by Gasteiger charge is -2.02. The molecule has 0 fully saturated rings. The topological polar surface area (TPSA) is 69.9 Å². The quantitative estimate of drug-likeness (QED) is 0.725. The van der Waals surface area contributed by atoms with Crippen molar-refractivity contribution in [3.05, 3.63) is 43.0 Å². The molecule has 0 atom stereocenters. The van der Waals surface area contributed by atoms with Crippen molar-refractivity contribution in [2.24, 2.45) is 0 Å². The maximum atomic E-state index is 11.3. The fourth-order valence-corrected chi connectivity index (χ4v) is 0.972. The SMILES string of the molecule is O=C(OCc1ncccn1)n1ccnc1. The summed E-state index contributed by atoms with van der Waals surface area (Å²) < 4.78 is 6.17. The highest BCUT2D eigenvalue weighted by molar-refractivity contribution is 5.69. The first kappa shape index (κ1) is 9.32. The van der Waals surface area contributed by atoms with Crippen LogP contribution in [0.2, 0.25) is 0 Å². The number of hydrogen-bond donors (Lipinski definition) is 0. The Morgan fingerprint density at radius 2 is 2.13 bits per heavy atom. The highest BCUT2D eigenvalue weighted by Gasteiger charge is 2.05. The number of imidazole rings is 1. The van der Waals surface area contributed by atoms with Crippen molar-refractivity contribution < 1.29 is 9.53 Å². The molecule has 0 unspecified atom stereocenters. The van der Waals surface area contributed by atoms with Crippen LogP contribution >= 0.6 is 0 Å². The third kappa shape index (κ3) is 2.37. The van der Waals surface area contributed by atoms with E-state index in [1.807, 2.05) is 0 Å². The van der Waals surface area contributed by atoms with Crippen molar-refractivity contribution in [2.45, 2.75) is 6.61 Å². The summed E-state index contributed by atoms with van der Waals surface area (Å²) >= 11 is 0. The molecule has 0 aromatic carbocycles. The zero-order valence-electron chi connectivity index (χ0n) is 7.78. The number of aromatic nitrogens is 4. The van der Waals surface area contributed by atoms with Crippen LogP contribution in [0.5, 0.6) is 0 Å². The molecule has 2 aromatic heterocycles. The molecule has 76 valence electrons. The normalized spacial score (nSPS) is 9.87. The Labute approximate surface area is 85.6 Å². The molecule has 0 saturated heterocycles. The molecular weight excluding hydrogens is 196 g/mol. The van der Waals surface area contributed by atoms with E-state index in [1.54, 1.807) is 18.5 Å². The van der Waals surface area contributed by atoms with Gasteiger partial charge in [-0.3, -0.25) is 0 Å². The van der Waals surface area contributed by atoms with Gasteiger partial charge in [0.2, 0.25) is 0 Å². The molecule has 0 amide bonds. The molecule has 0 radical (unpaired) electrons. The van der Waals surface area contributed by atoms with Gasteiger partial charge >= 0.3 is 6.09 Å². The largest absolute Gasteiger partial charge is 0.441 e. The molecule has 0 aliphatic carbocycles. The van der Waals surface area contributed by atoms with Gasteiger partial charge in [0.25, 0.3) is 0 Å². The van der Waals surface area contributed by atoms with Gasteiger partial charge in [0.05, 0.1) is 0 Å². The second-order valence-electron chi connectivity index (χ2n) is 2.69. The van der Waals surface area contributed by atoms with E-state index < -0.39 is 6.09 Å². The van der Waals surface area contributed by atoms with E-state index in [0.29, 0.717) is 5.82 Å². The van der Waals surface area contributed by atoms with Crippen molar-refractivity contribution in [2.75, 3.05) is 0 Å². The summed E-state index contributed by atoms with van der Waals surface area (Å²) in [6.07, 6.45) is 7.06. The Balaban J connectivity index is 1.92. The van der Waals surface area contributed by atoms with E-state index in [9.17, 15) is 4.79 Å². The summed E-state index contributed by atoms with van der Waals surface area (Å²) in [4.78, 5) is 22.9. The fourth-order valence-electron chi connectivity index (χ4n) is 0.972. The van der Waals surface area contributed by atoms with Crippen molar-refractivity contribution in [3.8, 4) is 0 Å².